The molecular formula is C25H27N3O5. The molecule has 172 valence electrons. The van der Waals surface area contributed by atoms with Gasteiger partial charge in [0.25, 0.3) is 5.91 Å². The van der Waals surface area contributed by atoms with E-state index in [0.29, 0.717) is 44.4 Å². The molecule has 1 aromatic heterocycles. The molecule has 0 unspecified atom stereocenters. The van der Waals surface area contributed by atoms with Gasteiger partial charge >= 0.3 is 0 Å². The maximum atomic E-state index is 13.0. The largest absolute Gasteiger partial charge is 0.477 e. The fraction of sp³-hybridized carbons (Fsp3) is 0.360. The highest BCUT2D eigenvalue weighted by Gasteiger charge is 2.34. The second-order valence-corrected chi connectivity index (χ2v) is 8.37. The zero-order valence-electron chi connectivity index (χ0n) is 18.5. The number of morpholine rings is 1. The monoisotopic (exact) mass is 449 g/mol. The molecule has 2 amide bonds. The summed E-state index contributed by atoms with van der Waals surface area (Å²) in [5.41, 5.74) is 1.59. The van der Waals surface area contributed by atoms with E-state index in [0.717, 1.165) is 16.7 Å². The van der Waals surface area contributed by atoms with Crippen LogP contribution < -0.4 is 15.0 Å². The van der Waals surface area contributed by atoms with E-state index in [9.17, 15) is 9.59 Å². The number of rotatable bonds is 5. The number of hydrogen-bond acceptors (Lipinski definition) is 6. The topological polar surface area (TPSA) is 84.3 Å². The van der Waals surface area contributed by atoms with Gasteiger partial charge in [-0.05, 0) is 31.2 Å². The first-order valence-electron chi connectivity index (χ1n) is 11.2. The zero-order chi connectivity index (χ0) is 22.8. The first kappa shape index (κ1) is 21.3. The standard InChI is InChI=1S/C25H27N3O5/c1-17(22-14-18-6-2-4-8-20(18)32-22)26-24(29)16-28-15-23(25(30)27-10-12-31-13-11-27)33-21-9-5-3-7-19(21)28/h2-9,14,17,23H,10-13,15-16H2,1H3,(H,26,29)/t17-,23-/m1/s1. The lowest BCUT2D eigenvalue weighted by atomic mass is 10.1. The van der Waals surface area contributed by atoms with Crippen LogP contribution in [0.1, 0.15) is 18.7 Å². The van der Waals surface area contributed by atoms with Crippen LogP contribution in [0.4, 0.5) is 5.69 Å². The van der Waals surface area contributed by atoms with Crippen molar-refractivity contribution in [2.75, 3.05) is 44.3 Å². The van der Waals surface area contributed by atoms with Gasteiger partial charge in [0.1, 0.15) is 17.1 Å². The number of benzene rings is 2. The fourth-order valence-electron chi connectivity index (χ4n) is 4.32. The summed E-state index contributed by atoms with van der Waals surface area (Å²) in [4.78, 5) is 29.7. The minimum absolute atomic E-state index is 0.0751. The van der Waals surface area contributed by atoms with Crippen molar-refractivity contribution < 1.29 is 23.5 Å². The van der Waals surface area contributed by atoms with E-state index in [2.05, 4.69) is 5.32 Å². The van der Waals surface area contributed by atoms with Gasteiger partial charge in [-0.1, -0.05) is 30.3 Å². The van der Waals surface area contributed by atoms with Gasteiger partial charge in [-0.2, -0.15) is 0 Å². The Morgan fingerprint density at radius 1 is 1.09 bits per heavy atom. The zero-order valence-corrected chi connectivity index (χ0v) is 18.5. The van der Waals surface area contributed by atoms with Gasteiger partial charge in [-0.3, -0.25) is 9.59 Å². The number of nitrogens with one attached hydrogen (secondary N) is 1. The van der Waals surface area contributed by atoms with Crippen molar-refractivity contribution in [2.45, 2.75) is 19.1 Å². The fourth-order valence-corrected chi connectivity index (χ4v) is 4.32. The molecule has 33 heavy (non-hydrogen) atoms. The van der Waals surface area contributed by atoms with E-state index >= 15 is 0 Å². The number of ether oxygens (including phenoxy) is 2. The lowest BCUT2D eigenvalue weighted by Crippen LogP contribution is -2.54. The Morgan fingerprint density at radius 3 is 2.67 bits per heavy atom. The van der Waals surface area contributed by atoms with Crippen LogP contribution >= 0.6 is 0 Å². The number of carbonyl (C=O) groups is 2. The maximum Gasteiger partial charge on any atom is 0.265 e. The van der Waals surface area contributed by atoms with E-state index in [4.69, 9.17) is 13.9 Å². The number of furan rings is 1. The van der Waals surface area contributed by atoms with Crippen molar-refractivity contribution in [3.05, 3.63) is 60.4 Å². The molecule has 8 heteroatoms. The highest BCUT2D eigenvalue weighted by Crippen LogP contribution is 2.33. The van der Waals surface area contributed by atoms with Crippen molar-refractivity contribution >= 4 is 28.5 Å². The molecule has 2 aliphatic rings. The minimum Gasteiger partial charge on any atom is -0.477 e. The summed E-state index contributed by atoms with van der Waals surface area (Å²) in [6.07, 6.45) is -0.668. The second kappa shape index (κ2) is 9.15. The Morgan fingerprint density at radius 2 is 1.85 bits per heavy atom. The highest BCUT2D eigenvalue weighted by molar-refractivity contribution is 5.86. The minimum atomic E-state index is -0.668. The Kier molecular flexibility index (Phi) is 5.92. The van der Waals surface area contributed by atoms with Gasteiger partial charge in [-0.15, -0.1) is 0 Å². The third kappa shape index (κ3) is 4.52. The van der Waals surface area contributed by atoms with Crippen LogP contribution in [0.25, 0.3) is 11.0 Å². The van der Waals surface area contributed by atoms with Crippen molar-refractivity contribution in [1.29, 1.82) is 0 Å². The molecule has 0 radical (unpaired) electrons. The summed E-state index contributed by atoms with van der Waals surface area (Å²) in [6.45, 7) is 4.47. The molecule has 0 aliphatic carbocycles. The summed E-state index contributed by atoms with van der Waals surface area (Å²) in [5.74, 6) is 1.08. The molecule has 3 heterocycles. The van der Waals surface area contributed by atoms with Crippen molar-refractivity contribution in [3.8, 4) is 5.75 Å². The van der Waals surface area contributed by atoms with Crippen LogP contribution in [0.3, 0.4) is 0 Å². The van der Waals surface area contributed by atoms with Crippen molar-refractivity contribution in [1.82, 2.24) is 10.2 Å². The van der Waals surface area contributed by atoms with Crippen molar-refractivity contribution in [2.24, 2.45) is 0 Å². The van der Waals surface area contributed by atoms with Gasteiger partial charge in [0.2, 0.25) is 5.91 Å². The average molecular weight is 450 g/mol. The highest BCUT2D eigenvalue weighted by atomic mass is 16.5. The molecule has 3 aromatic rings. The first-order valence-corrected chi connectivity index (χ1v) is 11.2. The lowest BCUT2D eigenvalue weighted by molar-refractivity contribution is -0.142. The Hall–Kier alpha value is -3.52. The third-order valence-electron chi connectivity index (χ3n) is 6.04. The molecule has 2 aliphatic heterocycles. The molecule has 0 saturated carbocycles. The van der Waals surface area contributed by atoms with Gasteiger partial charge in [0.05, 0.1) is 38.0 Å². The van der Waals surface area contributed by atoms with Crippen LogP contribution in [0.15, 0.2) is 59.0 Å². The maximum absolute atomic E-state index is 13.0. The number of hydrogen-bond donors (Lipinski definition) is 1. The normalized spacial score (nSPS) is 19.0. The molecule has 1 N–H and O–H groups in total. The number of anilines is 1. The Bertz CT molecular complexity index is 1120. The molecule has 1 fully saturated rings. The summed E-state index contributed by atoms with van der Waals surface area (Å²) < 4.78 is 17.3. The van der Waals surface area contributed by atoms with Crippen molar-refractivity contribution in [3.63, 3.8) is 0 Å². The Balaban J connectivity index is 1.28. The van der Waals surface area contributed by atoms with Gasteiger partial charge < -0.3 is 29.0 Å². The van der Waals surface area contributed by atoms with Crippen LogP contribution in [-0.4, -0.2) is 62.2 Å². The molecule has 5 rings (SSSR count). The quantitative estimate of drug-likeness (QED) is 0.645. The van der Waals surface area contributed by atoms with E-state index < -0.39 is 6.10 Å². The van der Waals surface area contributed by atoms with Gasteiger partial charge in [0, 0.05) is 18.5 Å². The molecule has 0 bridgehead atoms. The van der Waals surface area contributed by atoms with E-state index in [1.165, 1.54) is 0 Å². The predicted molar refractivity (Wildman–Crippen MR) is 123 cm³/mol. The van der Waals surface area contributed by atoms with Crippen LogP contribution in [0.5, 0.6) is 5.75 Å². The van der Waals surface area contributed by atoms with E-state index in [1.807, 2.05) is 66.4 Å². The number of amides is 2. The lowest BCUT2D eigenvalue weighted by Gasteiger charge is -2.38. The molecular weight excluding hydrogens is 422 g/mol. The van der Waals surface area contributed by atoms with Crippen LogP contribution in [0.2, 0.25) is 0 Å². The second-order valence-electron chi connectivity index (χ2n) is 8.37. The average Bonchev–Trinajstić information content (AvgIpc) is 3.29. The molecule has 8 nitrogen and oxygen atoms in total. The molecule has 1 saturated heterocycles. The number of nitrogens with zero attached hydrogens (tertiary/aromatic N) is 2. The summed E-state index contributed by atoms with van der Waals surface area (Å²) in [5, 5.41) is 4.02. The van der Waals surface area contributed by atoms with Crippen LogP contribution in [0, 0.1) is 0 Å². The summed E-state index contributed by atoms with van der Waals surface area (Å²) in [7, 11) is 0. The molecule has 0 spiro atoms. The molecule has 2 atom stereocenters. The van der Waals surface area contributed by atoms with Gasteiger partial charge in [-0.25, -0.2) is 0 Å². The SMILES string of the molecule is C[C@@H](NC(=O)CN1C[C@H](C(=O)N2CCOCC2)Oc2ccccc21)c1cc2ccccc2o1. The van der Waals surface area contributed by atoms with Crippen LogP contribution in [-0.2, 0) is 14.3 Å². The predicted octanol–water partition coefficient (Wildman–Crippen LogP) is 2.74. The summed E-state index contributed by atoms with van der Waals surface area (Å²) >= 11 is 0. The third-order valence-corrected chi connectivity index (χ3v) is 6.04. The number of para-hydroxylation sites is 3. The van der Waals surface area contributed by atoms with Gasteiger partial charge in [0.15, 0.2) is 6.10 Å². The Labute approximate surface area is 192 Å². The summed E-state index contributed by atoms with van der Waals surface area (Å²) in [6, 6.07) is 16.9. The smallest absolute Gasteiger partial charge is 0.265 e. The van der Waals surface area contributed by atoms with E-state index in [-0.39, 0.29) is 24.4 Å². The number of fused-ring (bicyclic) bond motifs is 2. The van der Waals surface area contributed by atoms with E-state index in [1.54, 1.807) is 4.90 Å². The number of carbonyl (C=O) groups excluding carboxylic acids is 2. The molecule has 2 aromatic carbocycles. The first-order chi connectivity index (χ1) is 16.1.